The van der Waals surface area contributed by atoms with Gasteiger partial charge in [-0.1, -0.05) is 34.1 Å². The van der Waals surface area contributed by atoms with E-state index in [4.69, 9.17) is 0 Å². The summed E-state index contributed by atoms with van der Waals surface area (Å²) in [5, 5.41) is 3.89. The van der Waals surface area contributed by atoms with Crippen molar-refractivity contribution in [3.8, 4) is 0 Å². The van der Waals surface area contributed by atoms with Crippen LogP contribution in [0.4, 0.5) is 0 Å². The highest BCUT2D eigenvalue weighted by molar-refractivity contribution is 5.04. The van der Waals surface area contributed by atoms with Gasteiger partial charge in [0.1, 0.15) is 0 Å². The normalized spacial score (nSPS) is 34.7. The van der Waals surface area contributed by atoms with Gasteiger partial charge in [0, 0.05) is 31.2 Å². The van der Waals surface area contributed by atoms with Gasteiger partial charge in [-0.15, -0.1) is 0 Å². The van der Waals surface area contributed by atoms with Gasteiger partial charge in [-0.25, -0.2) is 0 Å². The van der Waals surface area contributed by atoms with Crippen LogP contribution in [0.2, 0.25) is 0 Å². The Labute approximate surface area is 120 Å². The van der Waals surface area contributed by atoms with Crippen molar-refractivity contribution in [2.24, 2.45) is 17.8 Å². The average molecular weight is 266 g/mol. The first kappa shape index (κ1) is 15.3. The molecule has 2 aliphatic rings. The fraction of sp³-hybridized carbons (Fsp3) is 1.00. The van der Waals surface area contributed by atoms with Crippen molar-refractivity contribution in [3.63, 3.8) is 0 Å². The Balaban J connectivity index is 2.00. The molecule has 1 saturated carbocycles. The van der Waals surface area contributed by atoms with E-state index in [-0.39, 0.29) is 0 Å². The third kappa shape index (κ3) is 3.95. The zero-order valence-electron chi connectivity index (χ0n) is 13.7. The Hall–Kier alpha value is -0.0800. The molecule has 0 radical (unpaired) electrons. The SMILES string of the molecule is CCC(C)CN1CC(C)(C2CC2)NCC1CC(C)C. The molecule has 2 nitrogen and oxygen atoms in total. The largest absolute Gasteiger partial charge is 0.308 e. The summed E-state index contributed by atoms with van der Waals surface area (Å²) in [6.07, 6.45) is 5.52. The summed E-state index contributed by atoms with van der Waals surface area (Å²) >= 11 is 0. The van der Waals surface area contributed by atoms with Gasteiger partial charge in [-0.3, -0.25) is 4.90 Å². The van der Waals surface area contributed by atoms with Crippen molar-refractivity contribution in [2.75, 3.05) is 19.6 Å². The summed E-state index contributed by atoms with van der Waals surface area (Å²) in [6, 6.07) is 0.751. The molecule has 1 heterocycles. The Bertz CT molecular complexity index is 285. The lowest BCUT2D eigenvalue weighted by molar-refractivity contribution is 0.0529. The second kappa shape index (κ2) is 6.13. The highest BCUT2D eigenvalue weighted by Crippen LogP contribution is 2.41. The molecule has 0 bridgehead atoms. The highest BCUT2D eigenvalue weighted by Gasteiger charge is 2.45. The number of nitrogens with one attached hydrogen (secondary N) is 1. The van der Waals surface area contributed by atoms with Crippen LogP contribution in [0.5, 0.6) is 0 Å². The minimum absolute atomic E-state index is 0.390. The molecule has 0 amide bonds. The average Bonchev–Trinajstić information content (AvgIpc) is 3.16. The number of nitrogens with zero attached hydrogens (tertiary/aromatic N) is 1. The maximum atomic E-state index is 3.89. The molecule has 2 heteroatoms. The molecule has 1 aliphatic heterocycles. The maximum Gasteiger partial charge on any atom is 0.0309 e. The van der Waals surface area contributed by atoms with E-state index in [9.17, 15) is 0 Å². The highest BCUT2D eigenvalue weighted by atomic mass is 15.3. The van der Waals surface area contributed by atoms with Crippen molar-refractivity contribution in [1.82, 2.24) is 10.2 Å². The molecule has 0 spiro atoms. The van der Waals surface area contributed by atoms with E-state index in [0.717, 1.165) is 23.8 Å². The minimum atomic E-state index is 0.390. The molecule has 1 N–H and O–H groups in total. The van der Waals surface area contributed by atoms with E-state index in [1.165, 1.54) is 45.3 Å². The number of hydrogen-bond acceptors (Lipinski definition) is 2. The van der Waals surface area contributed by atoms with E-state index < -0.39 is 0 Å². The molecule has 112 valence electrons. The third-order valence-electron chi connectivity index (χ3n) is 5.25. The van der Waals surface area contributed by atoms with Crippen molar-refractivity contribution < 1.29 is 0 Å². The summed E-state index contributed by atoms with van der Waals surface area (Å²) in [7, 11) is 0. The molecule has 19 heavy (non-hydrogen) atoms. The molecule has 3 unspecified atom stereocenters. The maximum absolute atomic E-state index is 3.89. The van der Waals surface area contributed by atoms with Gasteiger partial charge in [0.15, 0.2) is 0 Å². The van der Waals surface area contributed by atoms with E-state index in [0.29, 0.717) is 5.54 Å². The van der Waals surface area contributed by atoms with Crippen LogP contribution in [-0.4, -0.2) is 36.1 Å². The summed E-state index contributed by atoms with van der Waals surface area (Å²) in [4.78, 5) is 2.81. The van der Waals surface area contributed by atoms with Crippen molar-refractivity contribution in [2.45, 2.75) is 71.9 Å². The van der Waals surface area contributed by atoms with E-state index >= 15 is 0 Å². The predicted octanol–water partition coefficient (Wildman–Crippen LogP) is 3.52. The van der Waals surface area contributed by atoms with Crippen LogP contribution in [0.15, 0.2) is 0 Å². The first-order chi connectivity index (χ1) is 8.94. The van der Waals surface area contributed by atoms with Crippen LogP contribution < -0.4 is 5.32 Å². The summed E-state index contributed by atoms with van der Waals surface area (Å²) in [5.74, 6) is 2.57. The Morgan fingerprint density at radius 3 is 2.47 bits per heavy atom. The van der Waals surface area contributed by atoms with Crippen molar-refractivity contribution in [3.05, 3.63) is 0 Å². The standard InChI is InChI=1S/C17H34N2/c1-6-14(4)11-19-12-17(5,15-7-8-15)18-10-16(19)9-13(2)3/h13-16,18H,6-12H2,1-5H3. The zero-order valence-corrected chi connectivity index (χ0v) is 13.7. The van der Waals surface area contributed by atoms with Crippen LogP contribution in [0, 0.1) is 17.8 Å². The first-order valence-electron chi connectivity index (χ1n) is 8.43. The predicted molar refractivity (Wildman–Crippen MR) is 83.4 cm³/mol. The molecular weight excluding hydrogens is 232 g/mol. The molecule has 3 atom stereocenters. The van der Waals surface area contributed by atoms with Crippen LogP contribution in [0.1, 0.15) is 60.3 Å². The third-order valence-corrected chi connectivity index (χ3v) is 5.25. The lowest BCUT2D eigenvalue weighted by Crippen LogP contribution is -2.64. The van der Waals surface area contributed by atoms with Crippen LogP contribution in [-0.2, 0) is 0 Å². The fourth-order valence-electron chi connectivity index (χ4n) is 3.60. The van der Waals surface area contributed by atoms with Gasteiger partial charge >= 0.3 is 0 Å². The van der Waals surface area contributed by atoms with Crippen molar-refractivity contribution >= 4 is 0 Å². The number of hydrogen-bond donors (Lipinski definition) is 1. The minimum Gasteiger partial charge on any atom is -0.308 e. The zero-order chi connectivity index (χ0) is 14.0. The van der Waals surface area contributed by atoms with Crippen LogP contribution >= 0.6 is 0 Å². The summed E-state index contributed by atoms with van der Waals surface area (Å²) in [6.45, 7) is 15.7. The monoisotopic (exact) mass is 266 g/mol. The van der Waals surface area contributed by atoms with E-state index in [1.807, 2.05) is 0 Å². The van der Waals surface area contributed by atoms with Gasteiger partial charge in [0.25, 0.3) is 0 Å². The number of piperazine rings is 1. The smallest absolute Gasteiger partial charge is 0.0309 e. The van der Waals surface area contributed by atoms with Crippen LogP contribution in [0.3, 0.4) is 0 Å². The summed E-state index contributed by atoms with van der Waals surface area (Å²) in [5.41, 5.74) is 0.390. The molecule has 1 saturated heterocycles. The van der Waals surface area contributed by atoms with Gasteiger partial charge in [-0.2, -0.15) is 0 Å². The van der Waals surface area contributed by atoms with Gasteiger partial charge in [0.05, 0.1) is 0 Å². The van der Waals surface area contributed by atoms with Crippen LogP contribution in [0.25, 0.3) is 0 Å². The molecular formula is C17H34N2. The van der Waals surface area contributed by atoms with Gasteiger partial charge in [0.2, 0.25) is 0 Å². The van der Waals surface area contributed by atoms with Gasteiger partial charge in [-0.05, 0) is 43.9 Å². The van der Waals surface area contributed by atoms with E-state index in [1.54, 1.807) is 0 Å². The quantitative estimate of drug-likeness (QED) is 0.791. The molecule has 1 aliphatic carbocycles. The topological polar surface area (TPSA) is 15.3 Å². The Kier molecular flexibility index (Phi) is 4.94. The molecule has 0 aromatic heterocycles. The lowest BCUT2D eigenvalue weighted by Gasteiger charge is -2.48. The second-order valence-corrected chi connectivity index (χ2v) is 7.80. The Morgan fingerprint density at radius 1 is 1.26 bits per heavy atom. The number of rotatable bonds is 6. The molecule has 2 fully saturated rings. The molecule has 0 aromatic rings. The second-order valence-electron chi connectivity index (χ2n) is 7.80. The van der Waals surface area contributed by atoms with Gasteiger partial charge < -0.3 is 5.32 Å². The fourth-order valence-corrected chi connectivity index (χ4v) is 3.60. The first-order valence-corrected chi connectivity index (χ1v) is 8.43. The Morgan fingerprint density at radius 2 is 1.95 bits per heavy atom. The molecule has 2 rings (SSSR count). The van der Waals surface area contributed by atoms with Crippen molar-refractivity contribution in [1.29, 1.82) is 0 Å². The summed E-state index contributed by atoms with van der Waals surface area (Å²) < 4.78 is 0. The molecule has 0 aromatic carbocycles. The lowest BCUT2D eigenvalue weighted by atomic mass is 9.88. The van der Waals surface area contributed by atoms with E-state index in [2.05, 4.69) is 44.8 Å².